The Morgan fingerprint density at radius 3 is 2.75 bits per heavy atom. The lowest BCUT2D eigenvalue weighted by atomic mass is 10.2. The van der Waals surface area contributed by atoms with Crippen LogP contribution < -0.4 is 4.74 Å². The number of hydrogen-bond acceptors (Lipinski definition) is 2. The Hall–Kier alpha value is -0.700. The zero-order chi connectivity index (χ0) is 8.97. The van der Waals surface area contributed by atoms with E-state index in [1.165, 1.54) is 0 Å². The Morgan fingerprint density at radius 1 is 1.50 bits per heavy atom. The molecular formula is C9H11FOS. The molecule has 0 radical (unpaired) electrons. The van der Waals surface area contributed by atoms with Gasteiger partial charge in [-0.25, -0.2) is 4.39 Å². The summed E-state index contributed by atoms with van der Waals surface area (Å²) in [5.41, 5.74) is 0.607. The Kier molecular flexibility index (Phi) is 3.41. The summed E-state index contributed by atoms with van der Waals surface area (Å²) in [6, 6.07) is 5.49. The summed E-state index contributed by atoms with van der Waals surface area (Å²) in [6.07, 6.45) is 1.98. The first-order valence-corrected chi connectivity index (χ1v) is 4.81. The van der Waals surface area contributed by atoms with Crippen molar-refractivity contribution in [1.29, 1.82) is 0 Å². The van der Waals surface area contributed by atoms with E-state index in [0.717, 1.165) is 4.90 Å². The smallest absolute Gasteiger partial charge is 0.125 e. The normalized spacial score (nSPS) is 9.92. The monoisotopic (exact) mass is 186 g/mol. The molecule has 0 fully saturated rings. The summed E-state index contributed by atoms with van der Waals surface area (Å²) in [7, 11) is 1.55. The predicted octanol–water partition coefficient (Wildman–Crippen LogP) is 2.89. The molecule has 0 saturated heterocycles. The summed E-state index contributed by atoms with van der Waals surface area (Å²) in [5.74, 6) is 0.629. The topological polar surface area (TPSA) is 9.23 Å². The van der Waals surface area contributed by atoms with Crippen LogP contribution in [-0.4, -0.2) is 13.4 Å². The van der Waals surface area contributed by atoms with Crippen LogP contribution in [0.1, 0.15) is 5.56 Å². The van der Waals surface area contributed by atoms with Gasteiger partial charge in [-0.05, 0) is 18.4 Å². The number of alkyl halides is 1. The van der Waals surface area contributed by atoms with E-state index in [-0.39, 0.29) is 0 Å². The number of benzene rings is 1. The number of ether oxygens (including phenoxy) is 1. The largest absolute Gasteiger partial charge is 0.496 e. The molecule has 0 aliphatic heterocycles. The molecule has 0 aliphatic carbocycles. The molecule has 1 aromatic rings. The van der Waals surface area contributed by atoms with Crippen LogP contribution in [0.25, 0.3) is 0 Å². The Bertz CT molecular complexity index is 263. The van der Waals surface area contributed by atoms with Crippen LogP contribution in [0.15, 0.2) is 23.1 Å². The van der Waals surface area contributed by atoms with Gasteiger partial charge in [0.05, 0.1) is 7.11 Å². The Morgan fingerprint density at radius 2 is 2.25 bits per heavy atom. The predicted molar refractivity (Wildman–Crippen MR) is 49.6 cm³/mol. The van der Waals surface area contributed by atoms with Gasteiger partial charge >= 0.3 is 0 Å². The molecule has 12 heavy (non-hydrogen) atoms. The number of methoxy groups -OCH3 is 1. The molecule has 1 aromatic carbocycles. The summed E-state index contributed by atoms with van der Waals surface area (Å²) in [4.78, 5) is 1.09. The fourth-order valence-electron chi connectivity index (χ4n) is 0.962. The van der Waals surface area contributed by atoms with Crippen molar-refractivity contribution in [1.82, 2.24) is 0 Å². The molecule has 0 bridgehead atoms. The standard InChI is InChI=1S/C9H11FOS/c1-11-9-5-8(12-2)4-3-7(9)6-10/h3-5H,6H2,1-2H3. The maximum Gasteiger partial charge on any atom is 0.125 e. The third-order valence-electron chi connectivity index (χ3n) is 1.64. The lowest BCUT2D eigenvalue weighted by Crippen LogP contribution is -1.89. The third-order valence-corrected chi connectivity index (χ3v) is 2.36. The molecule has 66 valence electrons. The van der Waals surface area contributed by atoms with Gasteiger partial charge in [0.2, 0.25) is 0 Å². The lowest BCUT2D eigenvalue weighted by molar-refractivity contribution is 0.393. The van der Waals surface area contributed by atoms with Crippen molar-refractivity contribution >= 4 is 11.8 Å². The molecule has 0 atom stereocenters. The molecule has 0 aliphatic rings. The molecule has 0 saturated carbocycles. The molecule has 0 unspecified atom stereocenters. The molecule has 0 N–H and O–H groups in total. The second kappa shape index (κ2) is 4.36. The van der Waals surface area contributed by atoms with Crippen LogP contribution in [0, 0.1) is 0 Å². The summed E-state index contributed by atoms with van der Waals surface area (Å²) < 4.78 is 17.3. The van der Waals surface area contributed by atoms with Gasteiger partial charge in [0, 0.05) is 10.5 Å². The maximum atomic E-state index is 12.3. The van der Waals surface area contributed by atoms with Crippen LogP contribution in [0.3, 0.4) is 0 Å². The van der Waals surface area contributed by atoms with E-state index in [9.17, 15) is 4.39 Å². The molecular weight excluding hydrogens is 175 g/mol. The summed E-state index contributed by atoms with van der Waals surface area (Å²) >= 11 is 1.62. The van der Waals surface area contributed by atoms with E-state index in [1.807, 2.05) is 18.4 Å². The minimum Gasteiger partial charge on any atom is -0.496 e. The van der Waals surface area contributed by atoms with Crippen molar-refractivity contribution in [3.63, 3.8) is 0 Å². The third kappa shape index (κ3) is 1.91. The fourth-order valence-corrected chi connectivity index (χ4v) is 1.39. The minimum atomic E-state index is -0.474. The minimum absolute atomic E-state index is 0.474. The van der Waals surface area contributed by atoms with Crippen LogP contribution in [0.2, 0.25) is 0 Å². The number of thioether (sulfide) groups is 1. The second-order valence-corrected chi connectivity index (χ2v) is 3.19. The lowest BCUT2D eigenvalue weighted by Gasteiger charge is -2.06. The first kappa shape index (κ1) is 9.39. The van der Waals surface area contributed by atoms with Gasteiger partial charge in [0.1, 0.15) is 12.4 Å². The van der Waals surface area contributed by atoms with Crippen LogP contribution in [0.4, 0.5) is 4.39 Å². The van der Waals surface area contributed by atoms with Crippen LogP contribution in [0.5, 0.6) is 5.75 Å². The van der Waals surface area contributed by atoms with Crippen molar-refractivity contribution in [2.24, 2.45) is 0 Å². The highest BCUT2D eigenvalue weighted by Gasteiger charge is 2.02. The summed E-state index contributed by atoms with van der Waals surface area (Å²) in [5, 5.41) is 0. The van der Waals surface area contributed by atoms with E-state index in [2.05, 4.69) is 0 Å². The zero-order valence-corrected chi connectivity index (χ0v) is 7.95. The quantitative estimate of drug-likeness (QED) is 0.671. The van der Waals surface area contributed by atoms with Gasteiger partial charge in [-0.2, -0.15) is 0 Å². The second-order valence-electron chi connectivity index (χ2n) is 2.31. The number of halogens is 1. The van der Waals surface area contributed by atoms with Gasteiger partial charge in [0.15, 0.2) is 0 Å². The number of rotatable bonds is 3. The number of hydrogen-bond donors (Lipinski definition) is 0. The maximum absolute atomic E-state index is 12.3. The van der Waals surface area contributed by atoms with Gasteiger partial charge in [-0.3, -0.25) is 0 Å². The highest BCUT2D eigenvalue weighted by molar-refractivity contribution is 7.98. The fraction of sp³-hybridized carbons (Fsp3) is 0.333. The van der Waals surface area contributed by atoms with E-state index < -0.39 is 6.67 Å². The van der Waals surface area contributed by atoms with Gasteiger partial charge in [-0.1, -0.05) is 6.07 Å². The van der Waals surface area contributed by atoms with E-state index >= 15 is 0 Å². The Balaban J connectivity index is 3.02. The van der Waals surface area contributed by atoms with E-state index in [1.54, 1.807) is 24.9 Å². The van der Waals surface area contributed by atoms with Crippen molar-refractivity contribution in [3.8, 4) is 5.75 Å². The molecule has 0 aromatic heterocycles. The Labute approximate surface area is 75.9 Å². The molecule has 0 spiro atoms. The average Bonchev–Trinajstić information content (AvgIpc) is 2.16. The molecule has 0 heterocycles. The molecule has 3 heteroatoms. The van der Waals surface area contributed by atoms with Crippen molar-refractivity contribution in [2.75, 3.05) is 13.4 Å². The highest BCUT2D eigenvalue weighted by atomic mass is 32.2. The first-order valence-electron chi connectivity index (χ1n) is 3.58. The van der Waals surface area contributed by atoms with E-state index in [4.69, 9.17) is 4.74 Å². The van der Waals surface area contributed by atoms with Gasteiger partial charge in [-0.15, -0.1) is 11.8 Å². The SMILES string of the molecule is COc1cc(SC)ccc1CF. The molecule has 1 nitrogen and oxygen atoms in total. The van der Waals surface area contributed by atoms with Crippen molar-refractivity contribution in [3.05, 3.63) is 23.8 Å². The van der Waals surface area contributed by atoms with Crippen LogP contribution in [-0.2, 0) is 6.67 Å². The highest BCUT2D eigenvalue weighted by Crippen LogP contribution is 2.25. The van der Waals surface area contributed by atoms with Gasteiger partial charge in [0.25, 0.3) is 0 Å². The molecule has 0 amide bonds. The van der Waals surface area contributed by atoms with Crippen molar-refractivity contribution in [2.45, 2.75) is 11.6 Å². The van der Waals surface area contributed by atoms with E-state index in [0.29, 0.717) is 11.3 Å². The molecule has 1 rings (SSSR count). The summed E-state index contributed by atoms with van der Waals surface area (Å²) in [6.45, 7) is -0.474. The average molecular weight is 186 g/mol. The van der Waals surface area contributed by atoms with Crippen molar-refractivity contribution < 1.29 is 9.13 Å². The zero-order valence-electron chi connectivity index (χ0n) is 7.13. The first-order chi connectivity index (χ1) is 5.81. The van der Waals surface area contributed by atoms with Gasteiger partial charge < -0.3 is 4.74 Å². The van der Waals surface area contributed by atoms with Crippen LogP contribution >= 0.6 is 11.8 Å².